The lowest BCUT2D eigenvalue weighted by Crippen LogP contribution is -2.41. The van der Waals surface area contributed by atoms with Gasteiger partial charge >= 0.3 is 12.1 Å². The van der Waals surface area contributed by atoms with E-state index in [1.807, 2.05) is 6.07 Å². The summed E-state index contributed by atoms with van der Waals surface area (Å²) in [5.74, 6) is -2.44. The van der Waals surface area contributed by atoms with Gasteiger partial charge in [0.15, 0.2) is 0 Å². The molecule has 0 aliphatic carbocycles. The van der Waals surface area contributed by atoms with Gasteiger partial charge in [-0.15, -0.1) is 0 Å². The Bertz CT molecular complexity index is 394. The van der Waals surface area contributed by atoms with Crippen LogP contribution in [0.1, 0.15) is 33.6 Å². The number of carbonyl (C=O) groups excluding carboxylic acids is 1. The minimum absolute atomic E-state index is 0.0302. The highest BCUT2D eigenvalue weighted by Gasteiger charge is 2.35. The maximum atomic E-state index is 12.0. The smallest absolute Gasteiger partial charge is 0.410 e. The number of hydrogen-bond acceptors (Lipinski definition) is 4. The molecule has 0 bridgehead atoms. The minimum atomic E-state index is -1.04. The molecule has 1 amide bonds. The molecule has 106 valence electrons. The van der Waals surface area contributed by atoms with Gasteiger partial charge in [0, 0.05) is 13.1 Å². The van der Waals surface area contributed by atoms with Crippen molar-refractivity contribution in [3.63, 3.8) is 0 Å². The Kier molecular flexibility index (Phi) is 4.76. The number of carboxylic acids is 1. The highest BCUT2D eigenvalue weighted by Crippen LogP contribution is 2.24. The van der Waals surface area contributed by atoms with E-state index in [0.29, 0.717) is 19.4 Å². The molecule has 1 fully saturated rings. The Morgan fingerprint density at radius 2 is 2.05 bits per heavy atom. The normalized spacial score (nSPS) is 24.2. The lowest BCUT2D eigenvalue weighted by atomic mass is 9.91. The lowest BCUT2D eigenvalue weighted by molar-refractivity contribution is -0.143. The van der Waals surface area contributed by atoms with Crippen molar-refractivity contribution in [3.8, 4) is 6.07 Å². The molecular formula is C13H20N2O4. The molecule has 2 atom stereocenters. The van der Waals surface area contributed by atoms with Gasteiger partial charge < -0.3 is 14.7 Å². The summed E-state index contributed by atoms with van der Waals surface area (Å²) >= 11 is 0. The van der Waals surface area contributed by atoms with Crippen LogP contribution in [0.4, 0.5) is 4.79 Å². The van der Waals surface area contributed by atoms with Crippen molar-refractivity contribution in [2.45, 2.75) is 39.2 Å². The molecule has 1 aliphatic rings. The van der Waals surface area contributed by atoms with Gasteiger partial charge in [-0.1, -0.05) is 0 Å². The van der Waals surface area contributed by atoms with Crippen molar-refractivity contribution in [1.82, 2.24) is 4.90 Å². The van der Waals surface area contributed by atoms with Gasteiger partial charge in [0.1, 0.15) is 5.60 Å². The summed E-state index contributed by atoms with van der Waals surface area (Å²) in [5.41, 5.74) is -0.614. The SMILES string of the molecule is CC(C)(C)OC(=O)N1CCCC(C#N)C(C(=O)O)C1. The maximum Gasteiger partial charge on any atom is 0.410 e. The Labute approximate surface area is 112 Å². The second-order valence-electron chi connectivity index (χ2n) is 5.75. The molecule has 1 saturated heterocycles. The molecule has 19 heavy (non-hydrogen) atoms. The zero-order valence-electron chi connectivity index (χ0n) is 11.5. The number of carboxylic acid groups (broad SMARTS) is 1. The van der Waals surface area contributed by atoms with E-state index in [-0.39, 0.29) is 6.54 Å². The van der Waals surface area contributed by atoms with Gasteiger partial charge in [0.25, 0.3) is 0 Å². The predicted molar refractivity (Wildman–Crippen MR) is 67.3 cm³/mol. The average Bonchev–Trinajstić information content (AvgIpc) is 2.48. The molecular weight excluding hydrogens is 248 g/mol. The van der Waals surface area contributed by atoms with Crippen LogP contribution in [0.2, 0.25) is 0 Å². The first kappa shape index (κ1) is 15.3. The number of carbonyl (C=O) groups is 2. The monoisotopic (exact) mass is 268 g/mol. The molecule has 0 radical (unpaired) electrons. The first-order chi connectivity index (χ1) is 8.74. The Morgan fingerprint density at radius 1 is 1.42 bits per heavy atom. The molecule has 0 aromatic heterocycles. The van der Waals surface area contributed by atoms with Crippen LogP contribution in [0, 0.1) is 23.2 Å². The van der Waals surface area contributed by atoms with Gasteiger partial charge in [-0.25, -0.2) is 4.79 Å². The second-order valence-corrected chi connectivity index (χ2v) is 5.75. The first-order valence-corrected chi connectivity index (χ1v) is 6.35. The van der Waals surface area contributed by atoms with Crippen molar-refractivity contribution in [2.75, 3.05) is 13.1 Å². The molecule has 1 rings (SSSR count). The van der Waals surface area contributed by atoms with Crippen LogP contribution in [-0.4, -0.2) is 40.8 Å². The van der Waals surface area contributed by atoms with Crippen molar-refractivity contribution in [1.29, 1.82) is 5.26 Å². The minimum Gasteiger partial charge on any atom is -0.481 e. The second kappa shape index (κ2) is 5.91. The van der Waals surface area contributed by atoms with E-state index >= 15 is 0 Å². The number of ether oxygens (including phenoxy) is 1. The van der Waals surface area contributed by atoms with Gasteiger partial charge in [0.05, 0.1) is 17.9 Å². The standard InChI is InChI=1S/C13H20N2O4/c1-13(2,3)19-12(18)15-6-4-5-9(7-14)10(8-15)11(16)17/h9-10H,4-6,8H2,1-3H3,(H,16,17). The van der Waals surface area contributed by atoms with E-state index < -0.39 is 29.5 Å². The number of aliphatic carboxylic acids is 1. The van der Waals surface area contributed by atoms with Gasteiger partial charge in [-0.2, -0.15) is 5.26 Å². The summed E-state index contributed by atoms with van der Waals surface area (Å²) < 4.78 is 5.24. The number of likely N-dealkylation sites (tertiary alicyclic amines) is 1. The third-order valence-electron chi connectivity index (χ3n) is 2.98. The summed E-state index contributed by atoms with van der Waals surface area (Å²) in [7, 11) is 0. The molecule has 6 heteroatoms. The highest BCUT2D eigenvalue weighted by atomic mass is 16.6. The summed E-state index contributed by atoms with van der Waals surface area (Å²) in [5, 5.41) is 18.2. The number of rotatable bonds is 1. The zero-order valence-corrected chi connectivity index (χ0v) is 11.5. The van der Waals surface area contributed by atoms with Crippen LogP contribution in [0.25, 0.3) is 0 Å². The van der Waals surface area contributed by atoms with Crippen molar-refractivity contribution < 1.29 is 19.4 Å². The quantitative estimate of drug-likeness (QED) is 0.783. The molecule has 2 unspecified atom stereocenters. The fourth-order valence-electron chi connectivity index (χ4n) is 2.06. The van der Waals surface area contributed by atoms with Crippen LogP contribution < -0.4 is 0 Å². The number of amides is 1. The molecule has 1 heterocycles. The fourth-order valence-corrected chi connectivity index (χ4v) is 2.06. The van der Waals surface area contributed by atoms with Gasteiger partial charge in [-0.3, -0.25) is 4.79 Å². The molecule has 0 aromatic carbocycles. The zero-order chi connectivity index (χ0) is 14.6. The Hall–Kier alpha value is -1.77. The van der Waals surface area contributed by atoms with E-state index in [9.17, 15) is 9.59 Å². The number of nitriles is 1. The van der Waals surface area contributed by atoms with Crippen LogP contribution in [0.15, 0.2) is 0 Å². The summed E-state index contributed by atoms with van der Waals surface area (Å²) in [6.45, 7) is 5.74. The van der Waals surface area contributed by atoms with E-state index in [1.54, 1.807) is 20.8 Å². The third kappa shape index (κ3) is 4.43. The Balaban J connectivity index is 2.79. The lowest BCUT2D eigenvalue weighted by Gasteiger charge is -2.27. The van der Waals surface area contributed by atoms with Gasteiger partial charge in [-0.05, 0) is 33.6 Å². The van der Waals surface area contributed by atoms with Gasteiger partial charge in [0.2, 0.25) is 0 Å². The molecule has 1 N–H and O–H groups in total. The largest absolute Gasteiger partial charge is 0.481 e. The molecule has 6 nitrogen and oxygen atoms in total. The molecule has 0 aromatic rings. The van der Waals surface area contributed by atoms with E-state index in [2.05, 4.69) is 0 Å². The Morgan fingerprint density at radius 3 is 2.53 bits per heavy atom. The van der Waals surface area contributed by atoms with Crippen molar-refractivity contribution in [3.05, 3.63) is 0 Å². The summed E-state index contributed by atoms with van der Waals surface area (Å²) in [6.07, 6.45) is 0.589. The van der Waals surface area contributed by atoms with Crippen molar-refractivity contribution in [2.24, 2.45) is 11.8 Å². The van der Waals surface area contributed by atoms with Crippen LogP contribution in [0.5, 0.6) is 0 Å². The molecule has 0 saturated carbocycles. The molecule has 1 aliphatic heterocycles. The van der Waals surface area contributed by atoms with Crippen molar-refractivity contribution >= 4 is 12.1 Å². The van der Waals surface area contributed by atoms with Crippen LogP contribution >= 0.6 is 0 Å². The number of nitrogens with zero attached hydrogens (tertiary/aromatic N) is 2. The first-order valence-electron chi connectivity index (χ1n) is 6.35. The van der Waals surface area contributed by atoms with E-state index in [1.165, 1.54) is 4.90 Å². The highest BCUT2D eigenvalue weighted by molar-refractivity contribution is 5.73. The van der Waals surface area contributed by atoms with E-state index in [4.69, 9.17) is 15.1 Å². The van der Waals surface area contributed by atoms with E-state index in [0.717, 1.165) is 0 Å². The third-order valence-corrected chi connectivity index (χ3v) is 2.98. The molecule has 0 spiro atoms. The van der Waals surface area contributed by atoms with Crippen LogP contribution in [-0.2, 0) is 9.53 Å². The summed E-state index contributed by atoms with van der Waals surface area (Å²) in [4.78, 5) is 24.5. The topological polar surface area (TPSA) is 90.6 Å². The van der Waals surface area contributed by atoms with Crippen LogP contribution in [0.3, 0.4) is 0 Å². The summed E-state index contributed by atoms with van der Waals surface area (Å²) in [6, 6.07) is 2.02. The maximum absolute atomic E-state index is 12.0. The fraction of sp³-hybridized carbons (Fsp3) is 0.769. The predicted octanol–water partition coefficient (Wildman–Crippen LogP) is 1.86. The number of hydrogen-bond donors (Lipinski definition) is 1. The average molecular weight is 268 g/mol.